The molecule has 2 rings (SSSR count). The molecule has 1 aromatic heterocycles. The fraction of sp³-hybridized carbons (Fsp3) is 0.200. The summed E-state index contributed by atoms with van der Waals surface area (Å²) in [6.45, 7) is 2.04. The number of thiophene rings is 1. The third-order valence-corrected chi connectivity index (χ3v) is 3.67. The zero-order chi connectivity index (χ0) is 14.4. The largest absolute Gasteiger partial charge is 0.342 e. The molecule has 0 aliphatic heterocycles. The van der Waals surface area contributed by atoms with E-state index in [9.17, 15) is 9.59 Å². The fourth-order valence-electron chi connectivity index (χ4n) is 1.68. The van der Waals surface area contributed by atoms with Crippen LogP contribution in [0.3, 0.4) is 0 Å². The molecule has 20 heavy (non-hydrogen) atoms. The van der Waals surface area contributed by atoms with Crippen LogP contribution in [0.2, 0.25) is 0 Å². The lowest BCUT2D eigenvalue weighted by Crippen LogP contribution is -2.32. The minimum Gasteiger partial charge on any atom is -0.342 e. The molecule has 4 nitrogen and oxygen atoms in total. The number of hydrogen-bond acceptors (Lipinski definition) is 3. The summed E-state index contributed by atoms with van der Waals surface area (Å²) in [4.78, 5) is 24.0. The van der Waals surface area contributed by atoms with Gasteiger partial charge in [-0.3, -0.25) is 9.59 Å². The maximum Gasteiger partial charge on any atom is 0.261 e. The first-order chi connectivity index (χ1) is 9.69. The Morgan fingerprint density at radius 1 is 1.15 bits per heavy atom. The van der Waals surface area contributed by atoms with Gasteiger partial charge in [0.1, 0.15) is 0 Å². The van der Waals surface area contributed by atoms with E-state index < -0.39 is 0 Å². The fourth-order valence-corrected chi connectivity index (χ4v) is 2.32. The zero-order valence-corrected chi connectivity index (χ0v) is 12.0. The van der Waals surface area contributed by atoms with Crippen LogP contribution in [0.1, 0.15) is 22.2 Å². The van der Waals surface area contributed by atoms with Crippen molar-refractivity contribution in [2.75, 3.05) is 11.9 Å². The molecule has 0 bridgehead atoms. The number of benzene rings is 1. The highest BCUT2D eigenvalue weighted by Gasteiger charge is 2.08. The van der Waals surface area contributed by atoms with E-state index >= 15 is 0 Å². The second-order valence-electron chi connectivity index (χ2n) is 4.26. The van der Waals surface area contributed by atoms with Crippen LogP contribution >= 0.6 is 11.3 Å². The van der Waals surface area contributed by atoms with E-state index in [0.717, 1.165) is 12.1 Å². The monoisotopic (exact) mass is 288 g/mol. The van der Waals surface area contributed by atoms with Crippen LogP contribution in [0.4, 0.5) is 5.69 Å². The van der Waals surface area contributed by atoms with Gasteiger partial charge in [0.05, 0.1) is 11.4 Å². The number of amides is 2. The Kier molecular flexibility index (Phi) is 4.90. The molecule has 5 heteroatoms. The van der Waals surface area contributed by atoms with Gasteiger partial charge < -0.3 is 10.6 Å². The molecular formula is C15H16N2O2S. The SMILES string of the molecule is CCc1ccc(NC(=O)CNC(=O)c2cccs2)cc1. The number of anilines is 1. The third kappa shape index (κ3) is 3.93. The van der Waals surface area contributed by atoms with Gasteiger partial charge in [-0.15, -0.1) is 11.3 Å². The average molecular weight is 288 g/mol. The highest BCUT2D eigenvalue weighted by molar-refractivity contribution is 7.12. The Morgan fingerprint density at radius 3 is 2.50 bits per heavy atom. The highest BCUT2D eigenvalue weighted by atomic mass is 32.1. The molecular weight excluding hydrogens is 272 g/mol. The molecule has 104 valence electrons. The average Bonchev–Trinajstić information content (AvgIpc) is 3.00. The van der Waals surface area contributed by atoms with Gasteiger partial charge in [0.15, 0.2) is 0 Å². The summed E-state index contributed by atoms with van der Waals surface area (Å²) in [5, 5.41) is 7.15. The Balaban J connectivity index is 1.81. The van der Waals surface area contributed by atoms with Gasteiger partial charge in [0.25, 0.3) is 5.91 Å². The molecule has 0 aliphatic carbocycles. The second-order valence-corrected chi connectivity index (χ2v) is 5.21. The lowest BCUT2D eigenvalue weighted by Gasteiger charge is -2.07. The molecule has 0 spiro atoms. The van der Waals surface area contributed by atoms with E-state index in [-0.39, 0.29) is 18.4 Å². The quantitative estimate of drug-likeness (QED) is 0.888. The van der Waals surface area contributed by atoms with Gasteiger partial charge in [-0.25, -0.2) is 0 Å². The van der Waals surface area contributed by atoms with Gasteiger partial charge in [-0.1, -0.05) is 25.1 Å². The molecule has 1 aromatic carbocycles. The van der Waals surface area contributed by atoms with Crippen LogP contribution in [-0.4, -0.2) is 18.4 Å². The van der Waals surface area contributed by atoms with Crippen LogP contribution in [0, 0.1) is 0 Å². The van der Waals surface area contributed by atoms with Crippen molar-refractivity contribution in [3.63, 3.8) is 0 Å². The molecule has 0 aliphatic rings. The van der Waals surface area contributed by atoms with Crippen molar-refractivity contribution in [3.05, 3.63) is 52.2 Å². The topological polar surface area (TPSA) is 58.2 Å². The Labute approximate surface area is 121 Å². The van der Waals surface area contributed by atoms with E-state index in [2.05, 4.69) is 17.6 Å². The van der Waals surface area contributed by atoms with E-state index in [1.54, 1.807) is 12.1 Å². The Bertz CT molecular complexity index is 576. The van der Waals surface area contributed by atoms with Gasteiger partial charge >= 0.3 is 0 Å². The van der Waals surface area contributed by atoms with Crippen molar-refractivity contribution in [1.29, 1.82) is 0 Å². The molecule has 2 aromatic rings. The molecule has 2 N–H and O–H groups in total. The smallest absolute Gasteiger partial charge is 0.261 e. The number of carbonyl (C=O) groups is 2. The van der Waals surface area contributed by atoms with Crippen molar-refractivity contribution in [3.8, 4) is 0 Å². The van der Waals surface area contributed by atoms with Crippen LogP contribution in [0.15, 0.2) is 41.8 Å². The standard InChI is InChI=1S/C15H16N2O2S/c1-2-11-5-7-12(8-6-11)17-14(18)10-16-15(19)13-4-3-9-20-13/h3-9H,2,10H2,1H3,(H,16,19)(H,17,18). The number of aryl methyl sites for hydroxylation is 1. The van der Waals surface area contributed by atoms with Crippen LogP contribution in [-0.2, 0) is 11.2 Å². The molecule has 0 radical (unpaired) electrons. The Hall–Kier alpha value is -2.14. The molecule has 2 amide bonds. The number of nitrogens with one attached hydrogen (secondary N) is 2. The lowest BCUT2D eigenvalue weighted by molar-refractivity contribution is -0.115. The molecule has 1 heterocycles. The lowest BCUT2D eigenvalue weighted by atomic mass is 10.1. The summed E-state index contributed by atoms with van der Waals surface area (Å²) >= 11 is 1.35. The van der Waals surface area contributed by atoms with Crippen molar-refractivity contribution in [1.82, 2.24) is 5.32 Å². The Morgan fingerprint density at radius 2 is 1.90 bits per heavy atom. The first-order valence-electron chi connectivity index (χ1n) is 6.39. The van der Waals surface area contributed by atoms with Crippen molar-refractivity contribution < 1.29 is 9.59 Å². The van der Waals surface area contributed by atoms with E-state index in [1.165, 1.54) is 16.9 Å². The van der Waals surface area contributed by atoms with Gasteiger partial charge in [0.2, 0.25) is 5.91 Å². The molecule has 0 atom stereocenters. The number of hydrogen-bond donors (Lipinski definition) is 2. The van der Waals surface area contributed by atoms with E-state index in [4.69, 9.17) is 0 Å². The predicted octanol–water partition coefficient (Wildman–Crippen LogP) is 2.68. The van der Waals surface area contributed by atoms with Gasteiger partial charge in [-0.2, -0.15) is 0 Å². The summed E-state index contributed by atoms with van der Waals surface area (Å²) < 4.78 is 0. The maximum atomic E-state index is 11.7. The first-order valence-corrected chi connectivity index (χ1v) is 7.27. The third-order valence-electron chi connectivity index (χ3n) is 2.80. The normalized spacial score (nSPS) is 10.1. The molecule has 0 unspecified atom stereocenters. The molecule has 0 saturated heterocycles. The highest BCUT2D eigenvalue weighted by Crippen LogP contribution is 2.10. The summed E-state index contributed by atoms with van der Waals surface area (Å²) in [5.41, 5.74) is 1.95. The van der Waals surface area contributed by atoms with Crippen LogP contribution in [0.5, 0.6) is 0 Å². The summed E-state index contributed by atoms with van der Waals surface area (Å²) in [6, 6.07) is 11.2. The van der Waals surface area contributed by atoms with Gasteiger partial charge in [-0.05, 0) is 35.6 Å². The summed E-state index contributed by atoms with van der Waals surface area (Å²) in [7, 11) is 0. The predicted molar refractivity (Wildman–Crippen MR) is 81.1 cm³/mol. The van der Waals surface area contributed by atoms with E-state index in [1.807, 2.05) is 29.6 Å². The number of rotatable bonds is 5. The van der Waals surface area contributed by atoms with Crippen molar-refractivity contribution in [2.45, 2.75) is 13.3 Å². The zero-order valence-electron chi connectivity index (χ0n) is 11.2. The van der Waals surface area contributed by atoms with Gasteiger partial charge in [0, 0.05) is 5.69 Å². The van der Waals surface area contributed by atoms with Crippen LogP contribution < -0.4 is 10.6 Å². The maximum absolute atomic E-state index is 11.7. The molecule has 0 fully saturated rings. The summed E-state index contributed by atoms with van der Waals surface area (Å²) in [6.07, 6.45) is 0.963. The molecule has 0 saturated carbocycles. The van der Waals surface area contributed by atoms with Crippen molar-refractivity contribution >= 4 is 28.8 Å². The minimum atomic E-state index is -0.237. The summed E-state index contributed by atoms with van der Waals surface area (Å²) in [5.74, 6) is -0.462. The minimum absolute atomic E-state index is 0.0355. The van der Waals surface area contributed by atoms with Crippen molar-refractivity contribution in [2.24, 2.45) is 0 Å². The first kappa shape index (κ1) is 14.3. The van der Waals surface area contributed by atoms with Crippen LogP contribution in [0.25, 0.3) is 0 Å². The van der Waals surface area contributed by atoms with E-state index in [0.29, 0.717) is 4.88 Å². The number of carbonyl (C=O) groups excluding carboxylic acids is 2. The second kappa shape index (κ2) is 6.86.